The van der Waals surface area contributed by atoms with Crippen LogP contribution in [0, 0.1) is 6.92 Å². The van der Waals surface area contributed by atoms with E-state index in [2.05, 4.69) is 10.5 Å². The van der Waals surface area contributed by atoms with Crippen LogP contribution in [0.5, 0.6) is 5.75 Å². The lowest BCUT2D eigenvalue weighted by Crippen LogP contribution is -2.24. The maximum absolute atomic E-state index is 11.7. The summed E-state index contributed by atoms with van der Waals surface area (Å²) in [6.45, 7) is 1.69. The van der Waals surface area contributed by atoms with Gasteiger partial charge >= 0.3 is 0 Å². The van der Waals surface area contributed by atoms with Gasteiger partial charge in [-0.25, -0.2) is 5.43 Å². The highest BCUT2D eigenvalue weighted by molar-refractivity contribution is 6.36. The van der Waals surface area contributed by atoms with Crippen LogP contribution in [0.15, 0.2) is 41.5 Å². The van der Waals surface area contributed by atoms with Gasteiger partial charge in [0.2, 0.25) is 0 Å². The zero-order chi connectivity index (χ0) is 16.8. The number of benzene rings is 2. The van der Waals surface area contributed by atoms with Gasteiger partial charge in [-0.15, -0.1) is 0 Å². The van der Waals surface area contributed by atoms with Crippen LogP contribution in [0.25, 0.3) is 0 Å². The van der Waals surface area contributed by atoms with Crippen molar-refractivity contribution in [1.82, 2.24) is 5.43 Å². The van der Waals surface area contributed by atoms with Crippen molar-refractivity contribution in [2.75, 3.05) is 6.61 Å². The third-order valence-corrected chi connectivity index (χ3v) is 3.65. The predicted octanol–water partition coefficient (Wildman–Crippen LogP) is 4.48. The summed E-state index contributed by atoms with van der Waals surface area (Å²) >= 11 is 17.6. The number of nitrogens with zero attached hydrogens (tertiary/aromatic N) is 1. The number of rotatable bonds is 5. The standard InChI is InChI=1S/C16H13Cl3N2O2/c1-10-6-12(17)4-5-15(10)23-9-16(22)21-20-8-11-2-3-13(18)7-14(11)19/h2-8H,9H2,1H3,(H,21,22). The Morgan fingerprint density at radius 3 is 2.57 bits per heavy atom. The van der Waals surface area contributed by atoms with Crippen LogP contribution < -0.4 is 10.2 Å². The van der Waals surface area contributed by atoms with Gasteiger partial charge in [0.05, 0.1) is 11.2 Å². The SMILES string of the molecule is Cc1cc(Cl)ccc1OCC(=O)NN=Cc1ccc(Cl)cc1Cl. The van der Waals surface area contributed by atoms with Crippen molar-refractivity contribution in [3.63, 3.8) is 0 Å². The largest absolute Gasteiger partial charge is 0.483 e. The number of hydrazone groups is 1. The molecule has 120 valence electrons. The highest BCUT2D eigenvalue weighted by Gasteiger charge is 2.05. The lowest BCUT2D eigenvalue weighted by molar-refractivity contribution is -0.123. The van der Waals surface area contributed by atoms with Crippen LogP contribution in [0.1, 0.15) is 11.1 Å². The minimum Gasteiger partial charge on any atom is -0.483 e. The molecule has 0 aliphatic carbocycles. The van der Waals surface area contributed by atoms with E-state index in [0.29, 0.717) is 26.4 Å². The van der Waals surface area contributed by atoms with E-state index in [4.69, 9.17) is 39.5 Å². The fourth-order valence-corrected chi connectivity index (χ4v) is 2.41. The molecule has 2 aromatic rings. The molecular formula is C16H13Cl3N2O2. The van der Waals surface area contributed by atoms with Gasteiger partial charge < -0.3 is 4.74 Å². The number of hydrogen-bond donors (Lipinski definition) is 1. The van der Waals surface area contributed by atoms with Gasteiger partial charge in [0, 0.05) is 15.6 Å². The van der Waals surface area contributed by atoms with E-state index in [1.54, 1.807) is 36.4 Å². The lowest BCUT2D eigenvalue weighted by atomic mass is 10.2. The van der Waals surface area contributed by atoms with Crippen molar-refractivity contribution in [3.05, 3.63) is 62.6 Å². The molecule has 0 aromatic heterocycles. The summed E-state index contributed by atoms with van der Waals surface area (Å²) in [5, 5.41) is 5.42. The van der Waals surface area contributed by atoms with Crippen LogP contribution >= 0.6 is 34.8 Å². The molecule has 1 amide bonds. The number of amides is 1. The Morgan fingerprint density at radius 2 is 1.87 bits per heavy atom. The topological polar surface area (TPSA) is 50.7 Å². The van der Waals surface area contributed by atoms with E-state index in [-0.39, 0.29) is 12.5 Å². The van der Waals surface area contributed by atoms with Crippen molar-refractivity contribution in [2.45, 2.75) is 6.92 Å². The predicted molar refractivity (Wildman–Crippen MR) is 93.9 cm³/mol. The Morgan fingerprint density at radius 1 is 1.17 bits per heavy atom. The molecule has 0 bridgehead atoms. The maximum Gasteiger partial charge on any atom is 0.277 e. The molecule has 0 heterocycles. The van der Waals surface area contributed by atoms with Crippen molar-refractivity contribution >= 4 is 46.9 Å². The van der Waals surface area contributed by atoms with E-state index in [9.17, 15) is 4.79 Å². The molecule has 23 heavy (non-hydrogen) atoms. The Labute approximate surface area is 149 Å². The summed E-state index contributed by atoms with van der Waals surface area (Å²) in [6, 6.07) is 10.1. The zero-order valence-corrected chi connectivity index (χ0v) is 14.4. The molecule has 0 aliphatic heterocycles. The monoisotopic (exact) mass is 370 g/mol. The molecule has 0 saturated heterocycles. The molecule has 0 radical (unpaired) electrons. The normalized spacial score (nSPS) is 10.8. The Hall–Kier alpha value is -1.75. The number of hydrogen-bond acceptors (Lipinski definition) is 3. The first-order chi connectivity index (χ1) is 11.0. The summed E-state index contributed by atoms with van der Waals surface area (Å²) < 4.78 is 5.41. The Balaban J connectivity index is 1.86. The number of aryl methyl sites for hydroxylation is 1. The van der Waals surface area contributed by atoms with Crippen LogP contribution in [-0.2, 0) is 4.79 Å². The zero-order valence-electron chi connectivity index (χ0n) is 12.1. The number of nitrogens with one attached hydrogen (secondary N) is 1. The molecule has 0 spiro atoms. The van der Waals surface area contributed by atoms with Crippen molar-refractivity contribution in [2.24, 2.45) is 5.10 Å². The molecule has 1 N–H and O–H groups in total. The van der Waals surface area contributed by atoms with Gasteiger partial charge in [0.1, 0.15) is 5.75 Å². The first-order valence-electron chi connectivity index (χ1n) is 6.61. The Kier molecular flexibility index (Phi) is 6.28. The first-order valence-corrected chi connectivity index (χ1v) is 7.75. The van der Waals surface area contributed by atoms with Crippen molar-refractivity contribution in [3.8, 4) is 5.75 Å². The molecule has 0 unspecified atom stereocenters. The van der Waals surface area contributed by atoms with E-state index < -0.39 is 0 Å². The Bertz CT molecular complexity index is 748. The van der Waals surface area contributed by atoms with E-state index >= 15 is 0 Å². The maximum atomic E-state index is 11.7. The van der Waals surface area contributed by atoms with Gasteiger partial charge in [-0.2, -0.15) is 5.10 Å². The second kappa shape index (κ2) is 8.20. The summed E-state index contributed by atoms with van der Waals surface area (Å²) in [5.41, 5.74) is 3.86. The second-order valence-corrected chi connectivity index (χ2v) is 5.94. The number of ether oxygens (including phenoxy) is 1. The minimum absolute atomic E-state index is 0.159. The molecule has 7 heteroatoms. The molecule has 0 saturated carbocycles. The third kappa shape index (κ3) is 5.43. The first kappa shape index (κ1) is 17.6. The summed E-state index contributed by atoms with van der Waals surface area (Å²) in [7, 11) is 0. The third-order valence-electron chi connectivity index (χ3n) is 2.85. The average molecular weight is 372 g/mol. The highest BCUT2D eigenvalue weighted by Crippen LogP contribution is 2.21. The fraction of sp³-hybridized carbons (Fsp3) is 0.125. The summed E-state index contributed by atoms with van der Waals surface area (Å²) in [5.74, 6) is 0.204. The molecule has 0 aliphatic rings. The van der Waals surface area contributed by atoms with Crippen LogP contribution in [-0.4, -0.2) is 18.7 Å². The lowest BCUT2D eigenvalue weighted by Gasteiger charge is -2.08. The van der Waals surface area contributed by atoms with Crippen LogP contribution in [0.3, 0.4) is 0 Å². The van der Waals surface area contributed by atoms with Gasteiger partial charge in [-0.05, 0) is 42.8 Å². The molecule has 0 fully saturated rings. The number of carbonyl (C=O) groups excluding carboxylic acids is 1. The average Bonchev–Trinajstić information content (AvgIpc) is 2.48. The van der Waals surface area contributed by atoms with E-state index in [1.165, 1.54) is 6.21 Å². The molecule has 2 rings (SSSR count). The van der Waals surface area contributed by atoms with Crippen LogP contribution in [0.2, 0.25) is 15.1 Å². The minimum atomic E-state index is -0.388. The molecule has 4 nitrogen and oxygen atoms in total. The van der Waals surface area contributed by atoms with Gasteiger partial charge in [-0.3, -0.25) is 4.79 Å². The number of halogens is 3. The van der Waals surface area contributed by atoms with Gasteiger partial charge in [0.25, 0.3) is 5.91 Å². The summed E-state index contributed by atoms with van der Waals surface area (Å²) in [6.07, 6.45) is 1.43. The summed E-state index contributed by atoms with van der Waals surface area (Å²) in [4.78, 5) is 11.7. The highest BCUT2D eigenvalue weighted by atomic mass is 35.5. The van der Waals surface area contributed by atoms with E-state index in [0.717, 1.165) is 5.56 Å². The molecule has 2 aromatic carbocycles. The molecular weight excluding hydrogens is 359 g/mol. The van der Waals surface area contributed by atoms with Gasteiger partial charge in [0.15, 0.2) is 6.61 Å². The fourth-order valence-electron chi connectivity index (χ4n) is 1.73. The number of carbonyl (C=O) groups is 1. The van der Waals surface area contributed by atoms with Crippen LogP contribution in [0.4, 0.5) is 0 Å². The van der Waals surface area contributed by atoms with Crippen molar-refractivity contribution in [1.29, 1.82) is 0 Å². The smallest absolute Gasteiger partial charge is 0.277 e. The van der Waals surface area contributed by atoms with Crippen molar-refractivity contribution < 1.29 is 9.53 Å². The quantitative estimate of drug-likeness (QED) is 0.622. The molecule has 0 atom stereocenters. The van der Waals surface area contributed by atoms with Gasteiger partial charge in [-0.1, -0.05) is 40.9 Å². The van der Waals surface area contributed by atoms with E-state index in [1.807, 2.05) is 6.92 Å². The second-order valence-electron chi connectivity index (χ2n) is 4.66.